The van der Waals surface area contributed by atoms with E-state index in [1.807, 2.05) is 126 Å². The van der Waals surface area contributed by atoms with Gasteiger partial charge in [-0.25, -0.2) is 0 Å². The molecule has 5 aromatic rings. The molecule has 2 N–H and O–H groups in total. The predicted molar refractivity (Wildman–Crippen MR) is 190 cm³/mol. The maximum atomic E-state index is 12.9. The molecule has 0 unspecified atom stereocenters. The maximum Gasteiger partial charge on any atom is 0.224 e. The highest BCUT2D eigenvalue weighted by atomic mass is 16.6. The number of aromatic nitrogens is 1. The topological polar surface area (TPSA) is 91.2 Å². The molecule has 2 heterocycles. The molecule has 4 aromatic carbocycles. The number of carbonyl (C=O) groups excluding carboxylic acids is 1. The summed E-state index contributed by atoms with van der Waals surface area (Å²) in [5.74, 6) is -0.0351. The van der Waals surface area contributed by atoms with E-state index in [0.717, 1.165) is 46.0 Å². The number of benzene rings is 4. The number of para-hydroxylation sites is 1. The van der Waals surface area contributed by atoms with Crippen LogP contribution in [0.5, 0.6) is 0 Å². The van der Waals surface area contributed by atoms with Crippen LogP contribution in [0.2, 0.25) is 0 Å². The predicted octanol–water partition coefficient (Wildman–Crippen LogP) is 6.75. The highest BCUT2D eigenvalue weighted by Gasteiger charge is 2.48. The standard InChI is InChI=1S/C41H46N2O6/c1-2-3-23-42-37(44)24-33-25-43(35-22-14-13-21-34(33)35)41-38(45)40(48-28-32-19-11-6-12-20-32)39(47-27-31-17-9-5-10-18-31)36(49-41)29-46-26-30-15-7-4-8-16-30/h4-22,25,36,38-41,45H,2-3,23-24,26-29H2,1H3,(H,42,44)/t36-,38-,39-,40-,41-/m1/s1. The van der Waals surface area contributed by atoms with Crippen molar-refractivity contribution in [3.63, 3.8) is 0 Å². The van der Waals surface area contributed by atoms with E-state index < -0.39 is 30.6 Å². The molecule has 8 nitrogen and oxygen atoms in total. The Hall–Kier alpha value is -4.31. The molecule has 1 saturated heterocycles. The number of ether oxygens (including phenoxy) is 4. The van der Waals surface area contributed by atoms with Crippen LogP contribution in [0.25, 0.3) is 10.9 Å². The molecule has 49 heavy (non-hydrogen) atoms. The van der Waals surface area contributed by atoms with Gasteiger partial charge < -0.3 is 33.9 Å². The van der Waals surface area contributed by atoms with Gasteiger partial charge in [0.05, 0.1) is 38.4 Å². The molecule has 1 amide bonds. The lowest BCUT2D eigenvalue weighted by Gasteiger charge is -2.45. The quantitative estimate of drug-likeness (QED) is 0.114. The van der Waals surface area contributed by atoms with Gasteiger partial charge in [-0.3, -0.25) is 4.79 Å². The van der Waals surface area contributed by atoms with Crippen molar-refractivity contribution in [2.75, 3.05) is 13.2 Å². The van der Waals surface area contributed by atoms with Gasteiger partial charge >= 0.3 is 0 Å². The zero-order valence-corrected chi connectivity index (χ0v) is 28.0. The Kier molecular flexibility index (Phi) is 12.3. The van der Waals surface area contributed by atoms with Crippen molar-refractivity contribution >= 4 is 16.8 Å². The highest BCUT2D eigenvalue weighted by Crippen LogP contribution is 2.36. The lowest BCUT2D eigenvalue weighted by molar-refractivity contribution is -0.278. The normalized spacial score (nSPS) is 20.7. The van der Waals surface area contributed by atoms with Gasteiger partial charge in [0, 0.05) is 18.1 Å². The van der Waals surface area contributed by atoms with Crippen LogP contribution in [-0.4, -0.2) is 53.1 Å². The number of rotatable bonds is 16. The summed E-state index contributed by atoms with van der Waals surface area (Å²) in [4.78, 5) is 12.9. The van der Waals surface area contributed by atoms with Gasteiger partial charge in [0.15, 0.2) is 6.23 Å². The van der Waals surface area contributed by atoms with Crippen LogP contribution in [-0.2, 0) is 50.0 Å². The third kappa shape index (κ3) is 9.03. The minimum atomic E-state index is -1.10. The summed E-state index contributed by atoms with van der Waals surface area (Å²) in [5.41, 5.74) is 4.76. The van der Waals surface area contributed by atoms with Crippen molar-refractivity contribution in [3.05, 3.63) is 144 Å². The Morgan fingerprint density at radius 3 is 1.98 bits per heavy atom. The fourth-order valence-electron chi connectivity index (χ4n) is 6.33. The Morgan fingerprint density at radius 1 is 0.776 bits per heavy atom. The van der Waals surface area contributed by atoms with E-state index in [0.29, 0.717) is 19.8 Å². The van der Waals surface area contributed by atoms with Crippen molar-refractivity contribution in [1.29, 1.82) is 0 Å². The first-order valence-electron chi connectivity index (χ1n) is 17.2. The molecule has 0 spiro atoms. The van der Waals surface area contributed by atoms with Crippen LogP contribution in [0.1, 0.15) is 48.2 Å². The van der Waals surface area contributed by atoms with Crippen LogP contribution in [0.3, 0.4) is 0 Å². The van der Waals surface area contributed by atoms with Crippen LogP contribution < -0.4 is 5.32 Å². The maximum absolute atomic E-state index is 12.9. The monoisotopic (exact) mass is 662 g/mol. The van der Waals surface area contributed by atoms with E-state index in [4.69, 9.17) is 18.9 Å². The van der Waals surface area contributed by atoms with E-state index in [-0.39, 0.29) is 25.5 Å². The SMILES string of the molecule is CCCCNC(=O)Cc1cn([C@@H]2O[C@H](COCc3ccccc3)[C@@H](OCc3ccccc3)[C@H](OCc3ccccc3)[C@H]2O)c2ccccc12. The number of amides is 1. The van der Waals surface area contributed by atoms with Crippen LogP contribution in [0, 0.1) is 0 Å². The molecule has 256 valence electrons. The number of nitrogens with one attached hydrogen (secondary N) is 1. The smallest absolute Gasteiger partial charge is 0.224 e. The summed E-state index contributed by atoms with van der Waals surface area (Å²) in [6.45, 7) is 3.97. The van der Waals surface area contributed by atoms with Gasteiger partial charge in [-0.1, -0.05) is 123 Å². The van der Waals surface area contributed by atoms with Crippen molar-refractivity contribution < 1.29 is 28.8 Å². The summed E-state index contributed by atoms with van der Waals surface area (Å²) in [5, 5.41) is 16.1. The summed E-state index contributed by atoms with van der Waals surface area (Å²) < 4.78 is 28.1. The number of carbonyl (C=O) groups is 1. The number of aliphatic hydroxyl groups excluding tert-OH is 1. The molecule has 1 fully saturated rings. The first kappa shape index (κ1) is 34.5. The van der Waals surface area contributed by atoms with Gasteiger partial charge in [0.2, 0.25) is 5.91 Å². The summed E-state index contributed by atoms with van der Waals surface area (Å²) in [6.07, 6.45) is 0.188. The Bertz CT molecular complexity index is 1730. The first-order valence-corrected chi connectivity index (χ1v) is 17.2. The van der Waals surface area contributed by atoms with Gasteiger partial charge in [-0.2, -0.15) is 0 Å². The third-order valence-corrected chi connectivity index (χ3v) is 8.90. The molecule has 1 aromatic heterocycles. The first-order chi connectivity index (χ1) is 24.1. The molecule has 0 aliphatic carbocycles. The molecule has 8 heteroatoms. The number of unbranched alkanes of at least 4 members (excludes halogenated alkanes) is 1. The van der Waals surface area contributed by atoms with Crippen molar-refractivity contribution in [1.82, 2.24) is 9.88 Å². The number of fused-ring (bicyclic) bond motifs is 1. The molecule has 0 bridgehead atoms. The summed E-state index contributed by atoms with van der Waals surface area (Å²) in [7, 11) is 0. The Labute approximate surface area is 288 Å². The van der Waals surface area contributed by atoms with E-state index in [2.05, 4.69) is 12.2 Å². The van der Waals surface area contributed by atoms with Gasteiger partial charge in [0.1, 0.15) is 24.4 Å². The van der Waals surface area contributed by atoms with E-state index >= 15 is 0 Å². The number of aliphatic hydroxyl groups is 1. The number of hydrogen-bond donors (Lipinski definition) is 2. The molecule has 0 radical (unpaired) electrons. The second kappa shape index (κ2) is 17.4. The molecular weight excluding hydrogens is 616 g/mol. The molecule has 5 atom stereocenters. The zero-order valence-electron chi connectivity index (χ0n) is 28.0. The number of nitrogens with zero attached hydrogens (tertiary/aromatic N) is 1. The Balaban J connectivity index is 1.32. The molecule has 6 rings (SSSR count). The van der Waals surface area contributed by atoms with Gasteiger partial charge in [-0.15, -0.1) is 0 Å². The van der Waals surface area contributed by atoms with Crippen LogP contribution in [0.4, 0.5) is 0 Å². The average Bonchev–Trinajstić information content (AvgIpc) is 3.50. The molecule has 0 saturated carbocycles. The number of hydrogen-bond acceptors (Lipinski definition) is 6. The Morgan fingerprint density at radius 2 is 1.35 bits per heavy atom. The summed E-state index contributed by atoms with van der Waals surface area (Å²) in [6, 6.07) is 37.8. The fourth-order valence-corrected chi connectivity index (χ4v) is 6.33. The molecule has 1 aliphatic heterocycles. The minimum Gasteiger partial charge on any atom is -0.386 e. The van der Waals surface area contributed by atoms with Crippen molar-refractivity contribution in [2.24, 2.45) is 0 Å². The second-order valence-corrected chi connectivity index (χ2v) is 12.5. The van der Waals surface area contributed by atoms with Crippen LogP contribution in [0.15, 0.2) is 121 Å². The van der Waals surface area contributed by atoms with E-state index in [1.54, 1.807) is 0 Å². The molecular formula is C41H46N2O6. The minimum absolute atomic E-state index is 0.0351. The second-order valence-electron chi connectivity index (χ2n) is 12.5. The fraction of sp³-hybridized carbons (Fsp3) is 0.341. The van der Waals surface area contributed by atoms with E-state index in [1.165, 1.54) is 0 Å². The molecule has 1 aliphatic rings. The zero-order chi connectivity index (χ0) is 33.8. The average molecular weight is 663 g/mol. The van der Waals surface area contributed by atoms with E-state index in [9.17, 15) is 9.90 Å². The summed E-state index contributed by atoms with van der Waals surface area (Å²) >= 11 is 0. The largest absolute Gasteiger partial charge is 0.386 e. The van der Waals surface area contributed by atoms with Gasteiger partial charge in [-0.05, 0) is 34.7 Å². The van der Waals surface area contributed by atoms with Crippen molar-refractivity contribution in [2.45, 2.75) is 76.7 Å². The lowest BCUT2D eigenvalue weighted by Crippen LogP contribution is -2.58. The lowest BCUT2D eigenvalue weighted by atomic mass is 9.97. The van der Waals surface area contributed by atoms with Crippen LogP contribution >= 0.6 is 0 Å². The highest BCUT2D eigenvalue weighted by molar-refractivity contribution is 5.89. The third-order valence-electron chi connectivity index (χ3n) is 8.90. The van der Waals surface area contributed by atoms with Crippen molar-refractivity contribution in [3.8, 4) is 0 Å². The van der Waals surface area contributed by atoms with Gasteiger partial charge in [0.25, 0.3) is 0 Å².